The lowest BCUT2D eigenvalue weighted by molar-refractivity contribution is -0.165. The number of nitrogens with zero attached hydrogens (tertiary/aromatic N) is 9. The molecule has 0 aromatic rings. The van der Waals surface area contributed by atoms with Crippen LogP contribution in [0.25, 0.3) is 31.3 Å². The lowest BCUT2D eigenvalue weighted by Crippen LogP contribution is -2.30. The van der Waals surface area contributed by atoms with Gasteiger partial charge in [-0.1, -0.05) is 130 Å². The number of ether oxygens (including phenoxy) is 3. The van der Waals surface area contributed by atoms with Crippen molar-refractivity contribution in [3.8, 4) is 0 Å². The molecule has 6 atom stereocenters. The number of carbonyl (C=O) groups is 3. The van der Waals surface area contributed by atoms with Crippen LogP contribution in [0.15, 0.2) is 51.8 Å². The molecule has 0 aromatic carbocycles. The fraction of sp³-hybridized carbons (Fsp3) is 0.769. The van der Waals surface area contributed by atoms with Gasteiger partial charge in [-0.15, -0.1) is 0 Å². The third-order valence-electron chi connectivity index (χ3n) is 8.89. The summed E-state index contributed by atoms with van der Waals surface area (Å²) in [5, 5.41) is 42.4. The van der Waals surface area contributed by atoms with E-state index in [2.05, 4.69) is 30.1 Å². The van der Waals surface area contributed by atoms with Gasteiger partial charge in [-0.3, -0.25) is 14.4 Å². The van der Waals surface area contributed by atoms with Gasteiger partial charge in [0, 0.05) is 14.7 Å². The molecule has 0 bridgehead atoms. The summed E-state index contributed by atoms with van der Waals surface area (Å²) in [4.78, 5) is 46.2. The Morgan fingerprint density at radius 1 is 0.526 bits per heavy atom. The Bertz CT molecular complexity index is 1290. The van der Waals surface area contributed by atoms with Crippen molar-refractivity contribution >= 4 is 17.9 Å². The van der Waals surface area contributed by atoms with Gasteiger partial charge in [0.1, 0.15) is 13.2 Å². The maximum atomic E-state index is 12.7. The van der Waals surface area contributed by atoms with Gasteiger partial charge in [0.25, 0.3) is 0 Å². The predicted octanol–water partition coefficient (Wildman–Crippen LogP) is 8.85. The summed E-state index contributed by atoms with van der Waals surface area (Å²) >= 11 is 0. The van der Waals surface area contributed by atoms with Crippen molar-refractivity contribution in [2.75, 3.05) is 13.2 Å². The van der Waals surface area contributed by atoms with Crippen molar-refractivity contribution in [1.82, 2.24) is 0 Å². The normalized spacial score (nSPS) is 15.1. The minimum absolute atomic E-state index is 0.146. The number of carbonyl (C=O) groups excluding carboxylic acids is 3. The zero-order valence-electron chi connectivity index (χ0n) is 34.0. The highest BCUT2D eigenvalue weighted by Gasteiger charge is 2.21. The molecule has 0 saturated heterocycles. The minimum Gasteiger partial charge on any atom is -0.461 e. The summed E-state index contributed by atoms with van der Waals surface area (Å²) in [6, 6.07) is -1.76. The Balaban J connectivity index is 5.33. The maximum Gasteiger partial charge on any atom is 0.310 e. The molecule has 0 aliphatic heterocycles. The van der Waals surface area contributed by atoms with Gasteiger partial charge in [-0.25, -0.2) is 0 Å². The van der Waals surface area contributed by atoms with E-state index in [1.165, 1.54) is 18.2 Å². The van der Waals surface area contributed by atoms with Gasteiger partial charge >= 0.3 is 17.9 Å². The SMILES string of the molecule is CCCCCC(N=[N+]=[N-])C(O)C/C=C/CC(=O)OCC(COC(=O)C/C=C/CC(O)C(CCCCC)N=[N+]=[N-])OC(=O)C/C=C/CC(O)C(CCCCC)N=[N+]=[N-]. The standard InChI is InChI=1S/C39H65N9O9/c1-4-7-10-19-31(43-46-40)34(49)22-13-16-25-37(52)55-28-30(57-39(54)27-18-15-24-36(51)33(45-48-42)21-12-9-6-3)29-56-38(53)26-17-14-23-35(50)32(44-47-41)20-11-8-5-2/h13-18,30-36,49-51H,4-12,19-29H2,1-3H3/b16-13+,17-14+,18-15+. The number of azide groups is 3. The van der Waals surface area contributed by atoms with Crippen molar-refractivity contribution in [2.45, 2.75) is 179 Å². The molecule has 0 aliphatic rings. The second-order valence-corrected chi connectivity index (χ2v) is 13.7. The Morgan fingerprint density at radius 3 is 1.14 bits per heavy atom. The van der Waals surface area contributed by atoms with Crippen molar-refractivity contribution < 1.29 is 43.9 Å². The molecule has 0 aliphatic carbocycles. The molecule has 57 heavy (non-hydrogen) atoms. The van der Waals surface area contributed by atoms with Crippen LogP contribution in [-0.2, 0) is 28.6 Å². The highest BCUT2D eigenvalue weighted by Crippen LogP contribution is 2.17. The maximum absolute atomic E-state index is 12.7. The van der Waals surface area contributed by atoms with Crippen LogP contribution in [0.4, 0.5) is 0 Å². The van der Waals surface area contributed by atoms with E-state index in [1.54, 1.807) is 18.2 Å². The minimum atomic E-state index is -1.14. The average molecular weight is 804 g/mol. The van der Waals surface area contributed by atoms with E-state index in [-0.39, 0.29) is 38.5 Å². The Hall–Kier alpha value is -4.56. The van der Waals surface area contributed by atoms with Crippen LogP contribution in [0, 0.1) is 0 Å². The van der Waals surface area contributed by atoms with E-state index in [0.29, 0.717) is 19.3 Å². The first-order chi connectivity index (χ1) is 27.6. The fourth-order valence-corrected chi connectivity index (χ4v) is 5.55. The molecule has 0 saturated carbocycles. The largest absolute Gasteiger partial charge is 0.461 e. The van der Waals surface area contributed by atoms with Crippen LogP contribution in [-0.4, -0.2) is 89.0 Å². The van der Waals surface area contributed by atoms with E-state index >= 15 is 0 Å². The van der Waals surface area contributed by atoms with Gasteiger partial charge < -0.3 is 29.5 Å². The number of aliphatic hydroxyl groups is 3. The van der Waals surface area contributed by atoms with Crippen molar-refractivity contribution in [1.29, 1.82) is 0 Å². The van der Waals surface area contributed by atoms with Crippen LogP contribution in [0.3, 0.4) is 0 Å². The average Bonchev–Trinajstić information content (AvgIpc) is 3.19. The van der Waals surface area contributed by atoms with Crippen LogP contribution in [0.1, 0.15) is 136 Å². The summed E-state index contributed by atoms with van der Waals surface area (Å²) in [5.74, 6) is -2.04. The molecule has 0 rings (SSSR count). The highest BCUT2D eigenvalue weighted by molar-refractivity contribution is 5.73. The summed E-state index contributed by atoms with van der Waals surface area (Å²) in [6.07, 6.45) is 15.2. The second kappa shape index (κ2) is 35.8. The number of rotatable bonds is 35. The van der Waals surface area contributed by atoms with Gasteiger partial charge in [0.15, 0.2) is 6.10 Å². The number of aliphatic hydroxyl groups excluding tert-OH is 3. The first-order valence-corrected chi connectivity index (χ1v) is 20.2. The van der Waals surface area contributed by atoms with Crippen molar-refractivity contribution in [3.05, 3.63) is 67.8 Å². The van der Waals surface area contributed by atoms with E-state index in [4.69, 9.17) is 30.8 Å². The van der Waals surface area contributed by atoms with Crippen LogP contribution < -0.4 is 0 Å². The van der Waals surface area contributed by atoms with Crippen LogP contribution >= 0.6 is 0 Å². The molecule has 3 N–H and O–H groups in total. The molecule has 0 spiro atoms. The molecular weight excluding hydrogens is 738 g/mol. The van der Waals surface area contributed by atoms with Gasteiger partial charge in [0.2, 0.25) is 0 Å². The molecule has 0 fully saturated rings. The van der Waals surface area contributed by atoms with E-state index < -0.39 is 73.7 Å². The zero-order valence-corrected chi connectivity index (χ0v) is 34.0. The molecule has 320 valence electrons. The first kappa shape index (κ1) is 52.4. The number of esters is 3. The van der Waals surface area contributed by atoms with Crippen molar-refractivity contribution in [3.63, 3.8) is 0 Å². The van der Waals surface area contributed by atoms with Gasteiger partial charge in [0.05, 0.1) is 55.7 Å². The smallest absolute Gasteiger partial charge is 0.310 e. The lowest BCUT2D eigenvalue weighted by atomic mass is 10.0. The fourth-order valence-electron chi connectivity index (χ4n) is 5.55. The quantitative estimate of drug-likeness (QED) is 0.0105. The molecule has 0 amide bonds. The summed E-state index contributed by atoms with van der Waals surface area (Å²) in [5.41, 5.74) is 26.5. The summed E-state index contributed by atoms with van der Waals surface area (Å²) in [6.45, 7) is 5.30. The van der Waals surface area contributed by atoms with E-state index in [0.717, 1.165) is 57.8 Å². The summed E-state index contributed by atoms with van der Waals surface area (Å²) < 4.78 is 16.0. The van der Waals surface area contributed by atoms with Gasteiger partial charge in [-0.2, -0.15) is 0 Å². The molecular formula is C39H65N9O9. The molecule has 0 heterocycles. The topological polar surface area (TPSA) is 286 Å². The number of hydrogen-bond acceptors (Lipinski definition) is 12. The Morgan fingerprint density at radius 2 is 0.842 bits per heavy atom. The third-order valence-corrected chi connectivity index (χ3v) is 8.89. The summed E-state index contributed by atoms with van der Waals surface area (Å²) in [7, 11) is 0. The molecule has 18 heteroatoms. The van der Waals surface area contributed by atoms with Crippen LogP contribution in [0.2, 0.25) is 0 Å². The van der Waals surface area contributed by atoms with Crippen LogP contribution in [0.5, 0.6) is 0 Å². The zero-order chi connectivity index (χ0) is 42.5. The lowest BCUT2D eigenvalue weighted by Gasteiger charge is -2.18. The van der Waals surface area contributed by atoms with E-state index in [1.807, 2.05) is 20.8 Å². The number of hydrogen-bond donors (Lipinski definition) is 3. The number of unbranched alkanes of at least 4 members (excludes halogenated alkanes) is 6. The predicted molar refractivity (Wildman–Crippen MR) is 216 cm³/mol. The highest BCUT2D eigenvalue weighted by atomic mass is 16.6. The monoisotopic (exact) mass is 803 g/mol. The van der Waals surface area contributed by atoms with Gasteiger partial charge in [-0.05, 0) is 55.1 Å². The molecule has 0 radical (unpaired) electrons. The Labute approximate surface area is 336 Å². The molecule has 0 aromatic heterocycles. The first-order valence-electron chi connectivity index (χ1n) is 20.2. The van der Waals surface area contributed by atoms with E-state index in [9.17, 15) is 29.7 Å². The Kier molecular flexibility index (Phi) is 33.0. The third kappa shape index (κ3) is 28.5. The second-order valence-electron chi connectivity index (χ2n) is 13.7. The molecule has 18 nitrogen and oxygen atoms in total. The molecule has 6 unspecified atom stereocenters. The van der Waals surface area contributed by atoms with Crippen molar-refractivity contribution in [2.24, 2.45) is 15.3 Å².